The molecule has 0 saturated carbocycles. The monoisotopic (exact) mass is 340 g/mol. The number of pyridine rings is 1. The summed E-state index contributed by atoms with van der Waals surface area (Å²) in [5.41, 5.74) is 2.60. The first-order valence-corrected chi connectivity index (χ1v) is 9.12. The van der Waals surface area contributed by atoms with Gasteiger partial charge >= 0.3 is 0 Å². The van der Waals surface area contributed by atoms with Crippen molar-refractivity contribution in [3.05, 3.63) is 47.1 Å². The number of carbonyl (C=O) groups is 1. The summed E-state index contributed by atoms with van der Waals surface area (Å²) in [5, 5.41) is 3.87. The predicted molar refractivity (Wildman–Crippen MR) is 93.0 cm³/mol. The largest absolute Gasteiger partial charge is 0.361 e. The number of hydrogen-bond donors (Lipinski definition) is 0. The second kappa shape index (κ2) is 6.96. The Morgan fingerprint density at radius 2 is 2.08 bits per heavy atom. The van der Waals surface area contributed by atoms with E-state index in [-0.39, 0.29) is 11.9 Å². The summed E-state index contributed by atoms with van der Waals surface area (Å²) in [6.07, 6.45) is 6.50. The van der Waals surface area contributed by atoms with E-state index in [9.17, 15) is 4.79 Å². The van der Waals surface area contributed by atoms with Gasteiger partial charge in [0, 0.05) is 25.4 Å². The van der Waals surface area contributed by atoms with Crippen LogP contribution in [-0.4, -0.2) is 45.5 Å². The van der Waals surface area contributed by atoms with Crippen molar-refractivity contribution in [1.29, 1.82) is 0 Å². The van der Waals surface area contributed by atoms with Crippen molar-refractivity contribution in [2.24, 2.45) is 0 Å². The van der Waals surface area contributed by atoms with Crippen molar-refractivity contribution in [3.8, 4) is 0 Å². The van der Waals surface area contributed by atoms with Crippen LogP contribution in [0.1, 0.15) is 59.2 Å². The van der Waals surface area contributed by atoms with Crippen LogP contribution in [0.15, 0.2) is 28.9 Å². The Bertz CT molecular complexity index is 734. The van der Waals surface area contributed by atoms with E-state index >= 15 is 0 Å². The molecule has 0 bridgehead atoms. The van der Waals surface area contributed by atoms with E-state index < -0.39 is 0 Å². The number of nitrogens with zero attached hydrogens (tertiary/aromatic N) is 4. The zero-order valence-corrected chi connectivity index (χ0v) is 14.6. The Balaban J connectivity index is 1.47. The topological polar surface area (TPSA) is 62.5 Å². The van der Waals surface area contributed by atoms with Gasteiger partial charge in [-0.2, -0.15) is 0 Å². The van der Waals surface area contributed by atoms with Crippen LogP contribution in [0.5, 0.6) is 0 Å². The van der Waals surface area contributed by atoms with Crippen molar-refractivity contribution < 1.29 is 9.32 Å². The number of aromatic nitrogens is 2. The van der Waals surface area contributed by atoms with Crippen molar-refractivity contribution in [1.82, 2.24) is 19.9 Å². The van der Waals surface area contributed by atoms with E-state index in [0.717, 1.165) is 31.6 Å². The number of rotatable bonds is 4. The minimum atomic E-state index is -0.0673. The number of carbonyl (C=O) groups excluding carboxylic acids is 1. The third kappa shape index (κ3) is 3.44. The van der Waals surface area contributed by atoms with Crippen molar-refractivity contribution in [3.63, 3.8) is 0 Å². The van der Waals surface area contributed by atoms with Crippen LogP contribution >= 0.6 is 0 Å². The molecule has 1 atom stereocenters. The number of likely N-dealkylation sites (tertiary alicyclic amines) is 2. The first kappa shape index (κ1) is 16.3. The van der Waals surface area contributed by atoms with Gasteiger partial charge in [-0.15, -0.1) is 0 Å². The highest BCUT2D eigenvalue weighted by Crippen LogP contribution is 2.32. The number of hydrogen-bond acceptors (Lipinski definition) is 5. The van der Waals surface area contributed by atoms with Gasteiger partial charge in [-0.1, -0.05) is 11.2 Å². The lowest BCUT2D eigenvalue weighted by atomic mass is 10.1. The summed E-state index contributed by atoms with van der Waals surface area (Å²) in [6.45, 7) is 5.88. The van der Waals surface area contributed by atoms with Crippen molar-refractivity contribution in [2.75, 3.05) is 19.6 Å². The molecule has 132 valence electrons. The van der Waals surface area contributed by atoms with Crippen LogP contribution in [0.3, 0.4) is 0 Å². The fourth-order valence-electron chi connectivity index (χ4n) is 3.86. The summed E-state index contributed by atoms with van der Waals surface area (Å²) in [5.74, 6) is 0.589. The quantitative estimate of drug-likeness (QED) is 0.856. The highest BCUT2D eigenvalue weighted by molar-refractivity contribution is 5.92. The van der Waals surface area contributed by atoms with E-state index in [1.165, 1.54) is 31.5 Å². The summed E-state index contributed by atoms with van der Waals surface area (Å²) >= 11 is 0. The maximum atomic E-state index is 12.7. The molecule has 1 amide bonds. The molecule has 0 unspecified atom stereocenters. The molecule has 4 rings (SSSR count). The van der Waals surface area contributed by atoms with Crippen LogP contribution in [0, 0.1) is 6.92 Å². The first-order valence-electron chi connectivity index (χ1n) is 9.12. The molecule has 2 aromatic rings. The Morgan fingerprint density at radius 3 is 2.76 bits per heavy atom. The maximum Gasteiger partial charge on any atom is 0.276 e. The second-order valence-electron chi connectivity index (χ2n) is 7.05. The summed E-state index contributed by atoms with van der Waals surface area (Å²) in [6, 6.07) is 5.97. The summed E-state index contributed by atoms with van der Waals surface area (Å²) in [4.78, 5) is 21.7. The van der Waals surface area contributed by atoms with Crippen LogP contribution in [-0.2, 0) is 6.54 Å². The maximum absolute atomic E-state index is 12.7. The van der Waals surface area contributed by atoms with Gasteiger partial charge in [-0.05, 0) is 57.3 Å². The van der Waals surface area contributed by atoms with Crippen LogP contribution in [0.2, 0.25) is 0 Å². The highest BCUT2D eigenvalue weighted by Gasteiger charge is 2.32. The van der Waals surface area contributed by atoms with Crippen molar-refractivity contribution >= 4 is 5.91 Å². The Morgan fingerprint density at radius 1 is 1.24 bits per heavy atom. The Hall–Kier alpha value is -2.21. The van der Waals surface area contributed by atoms with Gasteiger partial charge in [0.25, 0.3) is 5.91 Å². The van der Waals surface area contributed by atoms with E-state index in [0.29, 0.717) is 11.5 Å². The standard InChI is InChI=1S/C19H24N4O2/c1-14-11-17(21-25-14)19(24)23-10-4-5-18(23)16-7-6-15(12-20-16)13-22-8-2-3-9-22/h6-7,11-12,18H,2-5,8-10,13H2,1H3/t18-/m1/s1. The van der Waals surface area contributed by atoms with Gasteiger partial charge in [0.15, 0.2) is 5.69 Å². The molecule has 2 aromatic heterocycles. The van der Waals surface area contributed by atoms with E-state index in [4.69, 9.17) is 4.52 Å². The molecule has 6 heteroatoms. The molecule has 25 heavy (non-hydrogen) atoms. The fourth-order valence-corrected chi connectivity index (χ4v) is 3.86. The number of aryl methyl sites for hydroxylation is 1. The first-order chi connectivity index (χ1) is 12.2. The van der Waals surface area contributed by atoms with Gasteiger partial charge in [-0.25, -0.2) is 0 Å². The molecule has 0 aromatic carbocycles. The average molecular weight is 340 g/mol. The third-order valence-electron chi connectivity index (χ3n) is 5.15. The zero-order valence-electron chi connectivity index (χ0n) is 14.6. The number of amides is 1. The summed E-state index contributed by atoms with van der Waals surface area (Å²) < 4.78 is 5.05. The lowest BCUT2D eigenvalue weighted by Crippen LogP contribution is -2.31. The van der Waals surface area contributed by atoms with E-state index in [1.54, 1.807) is 13.0 Å². The van der Waals surface area contributed by atoms with Gasteiger partial charge in [0.05, 0.1) is 11.7 Å². The van der Waals surface area contributed by atoms with Crippen LogP contribution in [0.4, 0.5) is 0 Å². The lowest BCUT2D eigenvalue weighted by molar-refractivity contribution is 0.0722. The van der Waals surface area contributed by atoms with E-state index in [2.05, 4.69) is 27.2 Å². The normalized spacial score (nSPS) is 21.2. The molecule has 2 saturated heterocycles. The third-order valence-corrected chi connectivity index (χ3v) is 5.15. The molecule has 0 aliphatic carbocycles. The molecule has 2 fully saturated rings. The second-order valence-corrected chi connectivity index (χ2v) is 7.05. The van der Waals surface area contributed by atoms with E-state index in [1.807, 2.05) is 11.1 Å². The molecule has 6 nitrogen and oxygen atoms in total. The molecule has 0 spiro atoms. The molecule has 0 radical (unpaired) electrons. The minimum absolute atomic E-state index is 0.0327. The molecule has 2 aliphatic heterocycles. The zero-order chi connectivity index (χ0) is 17.2. The van der Waals surface area contributed by atoms with Crippen molar-refractivity contribution in [2.45, 2.75) is 45.2 Å². The molecular formula is C19H24N4O2. The molecular weight excluding hydrogens is 316 g/mol. The Kier molecular flexibility index (Phi) is 4.53. The predicted octanol–water partition coefficient (Wildman–Crippen LogP) is 2.95. The lowest BCUT2D eigenvalue weighted by Gasteiger charge is -2.23. The van der Waals surface area contributed by atoms with Gasteiger partial charge in [-0.3, -0.25) is 14.7 Å². The minimum Gasteiger partial charge on any atom is -0.361 e. The highest BCUT2D eigenvalue weighted by atomic mass is 16.5. The molecule has 0 N–H and O–H groups in total. The summed E-state index contributed by atoms with van der Waals surface area (Å²) in [7, 11) is 0. The molecule has 4 heterocycles. The van der Waals surface area contributed by atoms with Gasteiger partial charge in [0.1, 0.15) is 5.76 Å². The van der Waals surface area contributed by atoms with Crippen LogP contribution < -0.4 is 0 Å². The fraction of sp³-hybridized carbons (Fsp3) is 0.526. The molecule has 2 aliphatic rings. The Labute approximate surface area is 147 Å². The van der Waals surface area contributed by atoms with Gasteiger partial charge in [0.2, 0.25) is 0 Å². The SMILES string of the molecule is Cc1cc(C(=O)N2CCC[C@@H]2c2ccc(CN3CCCC3)cn2)no1. The van der Waals surface area contributed by atoms with Gasteiger partial charge < -0.3 is 9.42 Å². The smallest absolute Gasteiger partial charge is 0.276 e. The van der Waals surface area contributed by atoms with Crippen LogP contribution in [0.25, 0.3) is 0 Å². The average Bonchev–Trinajstić information content (AvgIpc) is 3.36.